The minimum Gasteiger partial charge on any atom is -0.497 e. The molecule has 0 radical (unpaired) electrons. The zero-order valence-corrected chi connectivity index (χ0v) is 19.6. The Kier molecular flexibility index (Phi) is 6.79. The maximum Gasteiger partial charge on any atom is 0.339 e. The predicted molar refractivity (Wildman–Crippen MR) is 131 cm³/mol. The van der Waals surface area contributed by atoms with Gasteiger partial charge in [-0.15, -0.1) is 11.3 Å². The number of amides is 1. The Bertz CT molecular complexity index is 1310. The molecule has 0 aliphatic rings. The Balaban J connectivity index is 1.59. The van der Waals surface area contributed by atoms with Crippen molar-refractivity contribution in [2.24, 2.45) is 0 Å². The molecule has 0 fully saturated rings. The second kappa shape index (κ2) is 9.92. The molecule has 170 valence electrons. The predicted octanol–water partition coefficient (Wildman–Crippen LogP) is 5.35. The highest BCUT2D eigenvalue weighted by Gasteiger charge is 2.19. The van der Waals surface area contributed by atoms with Crippen LogP contribution in [0.2, 0.25) is 0 Å². The second-order valence-corrected chi connectivity index (χ2v) is 8.64. The highest BCUT2D eigenvalue weighted by molar-refractivity contribution is 7.09. The molecule has 4 rings (SSSR count). The number of anilines is 1. The molecule has 0 saturated carbocycles. The molecular weight excluding hydrogens is 438 g/mol. The van der Waals surface area contributed by atoms with Gasteiger partial charge in [0.2, 0.25) is 5.91 Å². The van der Waals surface area contributed by atoms with Crippen LogP contribution in [0.25, 0.3) is 11.0 Å². The molecule has 0 aliphatic carbocycles. The smallest absolute Gasteiger partial charge is 0.339 e. The van der Waals surface area contributed by atoms with E-state index in [0.29, 0.717) is 29.9 Å². The fourth-order valence-corrected chi connectivity index (χ4v) is 4.49. The van der Waals surface area contributed by atoms with E-state index in [2.05, 4.69) is 0 Å². The van der Waals surface area contributed by atoms with E-state index in [1.54, 1.807) is 36.5 Å². The average molecular weight is 464 g/mol. The molecule has 6 nitrogen and oxygen atoms in total. The highest BCUT2D eigenvalue weighted by atomic mass is 32.1. The van der Waals surface area contributed by atoms with Crippen LogP contribution in [0.15, 0.2) is 69.2 Å². The number of carbonyl (C=O) groups is 1. The summed E-state index contributed by atoms with van der Waals surface area (Å²) in [5.74, 6) is 1.28. The molecular formula is C26H25NO5S. The number of methoxy groups -OCH3 is 2. The van der Waals surface area contributed by atoms with Crippen LogP contribution in [0.5, 0.6) is 11.5 Å². The Morgan fingerprint density at radius 2 is 1.76 bits per heavy atom. The molecule has 0 atom stereocenters. The molecule has 0 unspecified atom stereocenters. The lowest BCUT2D eigenvalue weighted by molar-refractivity contribution is -0.118. The zero-order chi connectivity index (χ0) is 23.4. The molecule has 33 heavy (non-hydrogen) atoms. The van der Waals surface area contributed by atoms with Gasteiger partial charge in [0.1, 0.15) is 17.1 Å². The molecule has 0 N–H and O–H groups in total. The molecule has 4 aromatic rings. The van der Waals surface area contributed by atoms with Crippen molar-refractivity contribution in [2.75, 3.05) is 19.1 Å². The van der Waals surface area contributed by atoms with Crippen molar-refractivity contribution in [3.8, 4) is 11.5 Å². The van der Waals surface area contributed by atoms with Crippen molar-refractivity contribution in [1.29, 1.82) is 0 Å². The molecule has 2 aromatic heterocycles. The van der Waals surface area contributed by atoms with Crippen molar-refractivity contribution in [3.05, 3.63) is 86.4 Å². The molecule has 0 saturated heterocycles. The lowest BCUT2D eigenvalue weighted by Gasteiger charge is -2.23. The van der Waals surface area contributed by atoms with Gasteiger partial charge in [-0.05, 0) is 66.8 Å². The lowest BCUT2D eigenvalue weighted by atomic mass is 10.0. The van der Waals surface area contributed by atoms with E-state index in [4.69, 9.17) is 13.9 Å². The lowest BCUT2D eigenvalue weighted by Crippen LogP contribution is -2.30. The Labute approximate surface area is 196 Å². The fraction of sp³-hybridized carbons (Fsp3) is 0.231. The van der Waals surface area contributed by atoms with E-state index in [1.807, 2.05) is 60.8 Å². The summed E-state index contributed by atoms with van der Waals surface area (Å²) in [6.07, 6.45) is 0.483. The first-order valence-corrected chi connectivity index (χ1v) is 11.4. The van der Waals surface area contributed by atoms with Crippen molar-refractivity contribution < 1.29 is 18.7 Å². The Morgan fingerprint density at radius 1 is 1.03 bits per heavy atom. The standard InChI is InChI=1S/C26H25NO5S/c1-17-22-11-10-20(31-3)15-24(22)32-26(29)23(17)12-13-25(28)27(16-21-5-4-14-33-21)18-6-8-19(30-2)9-7-18/h4-11,14-15H,12-13,16H2,1-3H3. The van der Waals surface area contributed by atoms with E-state index in [0.717, 1.165) is 27.3 Å². The van der Waals surface area contributed by atoms with Crippen molar-refractivity contribution >= 4 is 33.9 Å². The van der Waals surface area contributed by atoms with Crippen LogP contribution in [0.1, 0.15) is 22.4 Å². The molecule has 0 bridgehead atoms. The van der Waals surface area contributed by atoms with Gasteiger partial charge in [0, 0.05) is 34.0 Å². The number of carbonyl (C=O) groups excluding carboxylic acids is 1. The highest BCUT2D eigenvalue weighted by Crippen LogP contribution is 2.26. The molecule has 2 aromatic carbocycles. The van der Waals surface area contributed by atoms with Gasteiger partial charge in [0.05, 0.1) is 20.8 Å². The molecule has 2 heterocycles. The number of hydrogen-bond acceptors (Lipinski definition) is 6. The minimum atomic E-state index is -0.421. The van der Waals surface area contributed by atoms with Crippen LogP contribution in [0, 0.1) is 6.92 Å². The third-order valence-electron chi connectivity index (χ3n) is 5.66. The van der Waals surface area contributed by atoms with Gasteiger partial charge in [-0.1, -0.05) is 6.07 Å². The van der Waals surface area contributed by atoms with E-state index < -0.39 is 5.63 Å². The third-order valence-corrected chi connectivity index (χ3v) is 6.52. The number of thiophene rings is 1. The zero-order valence-electron chi connectivity index (χ0n) is 18.8. The first-order valence-electron chi connectivity index (χ1n) is 10.6. The van der Waals surface area contributed by atoms with Gasteiger partial charge in [0.25, 0.3) is 0 Å². The largest absolute Gasteiger partial charge is 0.497 e. The van der Waals surface area contributed by atoms with Crippen LogP contribution in [-0.2, 0) is 17.8 Å². The SMILES string of the molecule is COc1ccc(N(Cc2cccs2)C(=O)CCc2c(C)c3ccc(OC)cc3oc2=O)cc1. The van der Waals surface area contributed by atoms with E-state index >= 15 is 0 Å². The van der Waals surface area contributed by atoms with Gasteiger partial charge < -0.3 is 18.8 Å². The number of ether oxygens (including phenoxy) is 2. The summed E-state index contributed by atoms with van der Waals surface area (Å²) in [5.41, 5.74) is 2.18. The normalized spacial score (nSPS) is 10.9. The van der Waals surface area contributed by atoms with E-state index in [-0.39, 0.29) is 12.3 Å². The summed E-state index contributed by atoms with van der Waals surface area (Å²) in [4.78, 5) is 28.8. The van der Waals surface area contributed by atoms with Gasteiger partial charge in [-0.25, -0.2) is 4.79 Å². The molecule has 0 aliphatic heterocycles. The van der Waals surface area contributed by atoms with Gasteiger partial charge in [-0.3, -0.25) is 4.79 Å². The topological polar surface area (TPSA) is 69.0 Å². The van der Waals surface area contributed by atoms with Crippen LogP contribution < -0.4 is 20.0 Å². The quantitative estimate of drug-likeness (QED) is 0.330. The van der Waals surface area contributed by atoms with Crippen molar-refractivity contribution in [3.63, 3.8) is 0 Å². The average Bonchev–Trinajstić information content (AvgIpc) is 3.35. The number of aryl methyl sites for hydroxylation is 1. The number of hydrogen-bond donors (Lipinski definition) is 0. The van der Waals surface area contributed by atoms with Gasteiger partial charge >= 0.3 is 5.63 Å². The number of fused-ring (bicyclic) bond motifs is 1. The first-order chi connectivity index (χ1) is 16.0. The first kappa shape index (κ1) is 22.6. The minimum absolute atomic E-state index is 0.0674. The second-order valence-electron chi connectivity index (χ2n) is 7.61. The van der Waals surface area contributed by atoms with Crippen molar-refractivity contribution in [2.45, 2.75) is 26.3 Å². The molecule has 1 amide bonds. The number of rotatable bonds is 8. The van der Waals surface area contributed by atoms with Crippen LogP contribution in [-0.4, -0.2) is 20.1 Å². The third kappa shape index (κ3) is 4.93. The fourth-order valence-electron chi connectivity index (χ4n) is 3.80. The monoisotopic (exact) mass is 463 g/mol. The summed E-state index contributed by atoms with van der Waals surface area (Å²) in [6, 6.07) is 16.8. The molecule has 7 heteroatoms. The van der Waals surface area contributed by atoms with E-state index in [9.17, 15) is 9.59 Å². The maximum absolute atomic E-state index is 13.3. The number of benzene rings is 2. The Hall–Kier alpha value is -3.58. The molecule has 0 spiro atoms. The summed E-state index contributed by atoms with van der Waals surface area (Å²) < 4.78 is 16.0. The summed E-state index contributed by atoms with van der Waals surface area (Å²) in [7, 11) is 3.17. The summed E-state index contributed by atoms with van der Waals surface area (Å²) >= 11 is 1.60. The maximum atomic E-state index is 13.3. The van der Waals surface area contributed by atoms with Crippen LogP contribution >= 0.6 is 11.3 Å². The summed E-state index contributed by atoms with van der Waals surface area (Å²) in [5, 5.41) is 2.83. The van der Waals surface area contributed by atoms with Gasteiger partial charge in [0.15, 0.2) is 0 Å². The Morgan fingerprint density at radius 3 is 2.42 bits per heavy atom. The van der Waals surface area contributed by atoms with Crippen molar-refractivity contribution in [1.82, 2.24) is 0 Å². The van der Waals surface area contributed by atoms with Crippen LogP contribution in [0.4, 0.5) is 5.69 Å². The number of nitrogens with zero attached hydrogens (tertiary/aromatic N) is 1. The van der Waals surface area contributed by atoms with E-state index in [1.165, 1.54) is 0 Å². The summed E-state index contributed by atoms with van der Waals surface area (Å²) in [6.45, 7) is 2.35. The van der Waals surface area contributed by atoms with Crippen LogP contribution in [0.3, 0.4) is 0 Å². The van der Waals surface area contributed by atoms with Gasteiger partial charge in [-0.2, -0.15) is 0 Å².